The Balaban J connectivity index is 4.95. The second kappa shape index (κ2) is 7.23. The highest BCUT2D eigenvalue weighted by Gasteiger charge is 2.38. The molecule has 0 aliphatic rings. The van der Waals surface area contributed by atoms with E-state index in [1.807, 2.05) is 0 Å². The largest absolute Gasteiger partial charge is 0.432 e. The Morgan fingerprint density at radius 3 is 1.59 bits per heavy atom. The third-order valence-electron chi connectivity index (χ3n) is 1.39. The zero-order valence-electron chi connectivity index (χ0n) is 9.75. The first kappa shape index (κ1) is 20.6. The van der Waals surface area contributed by atoms with Gasteiger partial charge in [0, 0.05) is 0 Å². The van der Waals surface area contributed by atoms with Gasteiger partial charge in [-0.3, -0.25) is 23.4 Å². The van der Waals surface area contributed by atoms with E-state index in [1.165, 1.54) is 0 Å². The predicted octanol–water partition coefficient (Wildman–Crippen LogP) is -2.81. The van der Waals surface area contributed by atoms with Gasteiger partial charge in [0.25, 0.3) is 10.1 Å². The number of rotatable bonds is 8. The van der Waals surface area contributed by atoms with Crippen LogP contribution in [-0.2, 0) is 58.9 Å². The minimum atomic E-state index is -5.38. The van der Waals surface area contributed by atoms with E-state index in [-0.39, 0.29) is 0 Å². The maximum Gasteiger partial charge on any atom is 0.432 e. The van der Waals surface area contributed by atoms with Gasteiger partial charge < -0.3 is 0 Å². The van der Waals surface area contributed by atoms with Crippen molar-refractivity contribution < 1.29 is 66.9 Å². The van der Waals surface area contributed by atoms with Gasteiger partial charge in [0.15, 0.2) is 5.25 Å². The third-order valence-corrected chi connectivity index (χ3v) is 2.95. The summed E-state index contributed by atoms with van der Waals surface area (Å²) in [5.74, 6) is -4.10. The van der Waals surface area contributed by atoms with E-state index < -0.39 is 54.5 Å². The van der Waals surface area contributed by atoms with Gasteiger partial charge in [-0.05, 0) is 8.67 Å². The Morgan fingerprint density at radius 1 is 0.818 bits per heavy atom. The summed E-state index contributed by atoms with van der Waals surface area (Å²) in [5.41, 5.74) is 0. The number of hydrogen-bond donors (Lipinski definition) is 3. The summed E-state index contributed by atoms with van der Waals surface area (Å²) < 4.78 is 92.7. The highest BCUT2D eigenvalue weighted by Crippen LogP contribution is 2.10. The van der Waals surface area contributed by atoms with Crippen LogP contribution in [0, 0.1) is 0 Å². The fourth-order valence-electron chi connectivity index (χ4n) is 0.707. The first-order valence-corrected chi connectivity index (χ1v) is 8.55. The van der Waals surface area contributed by atoms with Gasteiger partial charge in [-0.15, -0.1) is 0 Å². The normalized spacial score (nSPS) is 14.1. The van der Waals surface area contributed by atoms with Crippen LogP contribution in [0.15, 0.2) is 0 Å². The van der Waals surface area contributed by atoms with Crippen molar-refractivity contribution >= 4 is 42.9 Å². The predicted molar refractivity (Wildman–Crippen MR) is 57.4 cm³/mol. The van der Waals surface area contributed by atoms with Gasteiger partial charge >= 0.3 is 32.7 Å². The van der Waals surface area contributed by atoms with Gasteiger partial charge in [0.1, 0.15) is 0 Å². The van der Waals surface area contributed by atoms with Crippen LogP contribution in [0.3, 0.4) is 0 Å². The van der Waals surface area contributed by atoms with Gasteiger partial charge in [0.05, 0.1) is 6.42 Å². The molecule has 0 aromatic rings. The van der Waals surface area contributed by atoms with Crippen LogP contribution in [-0.4, -0.2) is 56.1 Å². The summed E-state index contributed by atoms with van der Waals surface area (Å²) in [6, 6.07) is 0. The quantitative estimate of drug-likeness (QED) is 0.215. The molecule has 0 aliphatic heterocycles. The van der Waals surface area contributed by atoms with Crippen molar-refractivity contribution in [3.63, 3.8) is 0 Å². The van der Waals surface area contributed by atoms with E-state index in [0.717, 1.165) is 0 Å². The van der Waals surface area contributed by atoms with Gasteiger partial charge in [0.2, 0.25) is 0 Å². The van der Waals surface area contributed by atoms with E-state index in [0.29, 0.717) is 0 Å². The van der Waals surface area contributed by atoms with Gasteiger partial charge in [-0.2, -0.15) is 25.3 Å². The van der Waals surface area contributed by atoms with Crippen LogP contribution in [0.4, 0.5) is 0 Å². The zero-order valence-corrected chi connectivity index (χ0v) is 12.2. The first-order valence-electron chi connectivity index (χ1n) is 4.32. The molecule has 0 amide bonds. The average Bonchev–Trinajstić information content (AvgIpc) is 2.27. The molecule has 0 spiro atoms. The molecule has 15 nitrogen and oxygen atoms in total. The molecule has 0 rings (SSSR count). The highest BCUT2D eigenvalue weighted by molar-refractivity contribution is 7.87. The molecular weight excluding hydrogens is 384 g/mol. The molecule has 3 N–H and O–H groups in total. The summed E-state index contributed by atoms with van der Waals surface area (Å²) in [6.45, 7) is 0. The lowest BCUT2D eigenvalue weighted by molar-refractivity contribution is -0.220. The number of carbonyl (C=O) groups is 2. The molecular formula is C4H6O15S3. The second-order valence-corrected chi connectivity index (χ2v) is 6.64. The van der Waals surface area contributed by atoms with Crippen LogP contribution in [0.1, 0.15) is 6.42 Å². The molecule has 0 saturated carbocycles. The minimum Gasteiger partial charge on any atom is -0.285 e. The first-order chi connectivity index (χ1) is 9.62. The molecule has 18 heteroatoms. The van der Waals surface area contributed by atoms with Crippen LogP contribution in [0.2, 0.25) is 0 Å². The summed E-state index contributed by atoms with van der Waals surface area (Å²) in [5, 5.41) is -2.83. The maximum atomic E-state index is 11.1. The lowest BCUT2D eigenvalue weighted by atomic mass is 10.3. The van der Waals surface area contributed by atoms with Crippen LogP contribution < -0.4 is 0 Å². The summed E-state index contributed by atoms with van der Waals surface area (Å²) >= 11 is 0. The van der Waals surface area contributed by atoms with E-state index in [2.05, 4.69) is 18.4 Å². The minimum absolute atomic E-state index is 1.64. The van der Waals surface area contributed by atoms with Crippen LogP contribution in [0.25, 0.3) is 0 Å². The van der Waals surface area contributed by atoms with E-state index in [9.17, 15) is 34.8 Å². The molecule has 0 saturated heterocycles. The summed E-state index contributed by atoms with van der Waals surface area (Å²) in [7, 11) is -16.0. The molecule has 0 heterocycles. The molecule has 0 aromatic heterocycles. The Kier molecular flexibility index (Phi) is 6.77. The maximum absolute atomic E-state index is 11.1. The molecule has 1 unspecified atom stereocenters. The van der Waals surface area contributed by atoms with Crippen molar-refractivity contribution in [2.75, 3.05) is 0 Å². The van der Waals surface area contributed by atoms with Crippen molar-refractivity contribution in [3.8, 4) is 0 Å². The summed E-state index contributed by atoms with van der Waals surface area (Å²) in [6.07, 6.45) is -1.64. The van der Waals surface area contributed by atoms with Crippen molar-refractivity contribution in [1.82, 2.24) is 0 Å². The molecule has 0 aromatic carbocycles. The van der Waals surface area contributed by atoms with Crippen LogP contribution >= 0.6 is 0 Å². The molecule has 0 bridgehead atoms. The van der Waals surface area contributed by atoms with Gasteiger partial charge in [-0.25, -0.2) is 9.59 Å². The molecule has 0 aliphatic carbocycles. The Hall–Kier alpha value is -1.41. The van der Waals surface area contributed by atoms with E-state index in [1.54, 1.807) is 0 Å². The number of carbonyl (C=O) groups excluding carboxylic acids is 2. The van der Waals surface area contributed by atoms with Gasteiger partial charge in [-0.1, -0.05) is 0 Å². The highest BCUT2D eigenvalue weighted by atomic mass is 32.3. The standard InChI is InChI=1S/C4H6O15S3/c5-3(16-18-21(10,11)12)1-2(20(7,8)9)4(6)17-19-22(13,14)15/h2H,1H2,(H,7,8,9)(H,10,11,12)(H,13,14,15). The molecule has 22 heavy (non-hydrogen) atoms. The smallest absolute Gasteiger partial charge is 0.285 e. The van der Waals surface area contributed by atoms with Crippen molar-refractivity contribution in [1.29, 1.82) is 0 Å². The van der Waals surface area contributed by atoms with E-state index >= 15 is 0 Å². The van der Waals surface area contributed by atoms with E-state index in [4.69, 9.17) is 13.7 Å². The topological polar surface area (TPSA) is 234 Å². The third kappa shape index (κ3) is 9.51. The van der Waals surface area contributed by atoms with Crippen molar-refractivity contribution in [3.05, 3.63) is 0 Å². The Morgan fingerprint density at radius 2 is 1.23 bits per heavy atom. The SMILES string of the molecule is O=C(CC(C(=O)OOS(=O)(=O)O)S(=O)(=O)O)OOS(=O)(=O)O. The fourth-order valence-corrected chi connectivity index (χ4v) is 1.65. The second-order valence-electron chi connectivity index (χ2n) is 3.06. The average molecular weight is 390 g/mol. The molecule has 130 valence electrons. The Bertz CT molecular complexity index is 724. The molecule has 0 fully saturated rings. The van der Waals surface area contributed by atoms with Crippen molar-refractivity contribution in [2.45, 2.75) is 11.7 Å². The zero-order chi connectivity index (χ0) is 17.8. The monoisotopic (exact) mass is 390 g/mol. The molecule has 1 atom stereocenters. The summed E-state index contributed by atoms with van der Waals surface area (Å²) in [4.78, 5) is 28.7. The fraction of sp³-hybridized carbons (Fsp3) is 0.500. The van der Waals surface area contributed by atoms with Crippen molar-refractivity contribution in [2.24, 2.45) is 0 Å². The number of hydrogen-bond acceptors (Lipinski definition) is 12. The lowest BCUT2D eigenvalue weighted by Crippen LogP contribution is -2.35. The van der Waals surface area contributed by atoms with Crippen LogP contribution in [0.5, 0.6) is 0 Å². The molecule has 0 radical (unpaired) electrons. The lowest BCUT2D eigenvalue weighted by Gasteiger charge is -2.09. The Labute approximate surface area is 122 Å².